The lowest BCUT2D eigenvalue weighted by Crippen LogP contribution is -2.22. The Morgan fingerprint density at radius 3 is 2.47 bits per heavy atom. The first-order chi connectivity index (χ1) is 8.91. The molecule has 1 aromatic carbocycles. The Morgan fingerprint density at radius 1 is 1.16 bits per heavy atom. The molecule has 2 nitrogen and oxygen atoms in total. The molecule has 108 valence electrons. The van der Waals surface area contributed by atoms with Crippen LogP contribution in [-0.2, 0) is 4.74 Å². The molecule has 0 aromatic heterocycles. The lowest BCUT2D eigenvalue weighted by atomic mass is 10.0. The molecule has 0 aliphatic heterocycles. The Morgan fingerprint density at radius 2 is 1.84 bits per heavy atom. The van der Waals surface area contributed by atoms with Crippen molar-refractivity contribution >= 4 is 0 Å². The molecule has 0 fully saturated rings. The standard InChI is InChI=1S/C15H23F2NO/c1-10(2)19-7-5-6-18-12(4)13-9-14(16)11(3)8-15(13)17/h8-10,12,18H,5-7H2,1-4H3. The van der Waals surface area contributed by atoms with Crippen LogP contribution in [0.15, 0.2) is 12.1 Å². The summed E-state index contributed by atoms with van der Waals surface area (Å²) in [5.74, 6) is -0.731. The third-order valence-corrected chi connectivity index (χ3v) is 2.97. The van der Waals surface area contributed by atoms with E-state index >= 15 is 0 Å². The largest absolute Gasteiger partial charge is 0.379 e. The second-order valence-corrected chi connectivity index (χ2v) is 5.07. The Hall–Kier alpha value is -1.00. The minimum absolute atomic E-state index is 0.214. The van der Waals surface area contributed by atoms with Gasteiger partial charge in [-0.2, -0.15) is 0 Å². The minimum Gasteiger partial charge on any atom is -0.379 e. The second-order valence-electron chi connectivity index (χ2n) is 5.07. The number of rotatable bonds is 7. The fourth-order valence-electron chi connectivity index (χ4n) is 1.81. The number of hydrogen-bond donors (Lipinski definition) is 1. The molecule has 0 amide bonds. The van der Waals surface area contributed by atoms with Crippen molar-refractivity contribution in [3.05, 3.63) is 34.9 Å². The molecule has 1 rings (SSSR count). The van der Waals surface area contributed by atoms with Crippen LogP contribution in [0.5, 0.6) is 0 Å². The molecule has 0 saturated carbocycles. The number of ether oxygens (including phenoxy) is 1. The SMILES string of the molecule is Cc1cc(F)c(C(C)NCCCOC(C)C)cc1F. The highest BCUT2D eigenvalue weighted by atomic mass is 19.1. The molecule has 1 N–H and O–H groups in total. The Kier molecular flexibility index (Phi) is 6.38. The van der Waals surface area contributed by atoms with Crippen molar-refractivity contribution in [1.29, 1.82) is 0 Å². The number of halogens is 2. The second kappa shape index (κ2) is 7.56. The van der Waals surface area contributed by atoms with Crippen molar-refractivity contribution in [3.8, 4) is 0 Å². The minimum atomic E-state index is -0.367. The first-order valence-electron chi connectivity index (χ1n) is 6.72. The molecule has 0 aliphatic rings. The average Bonchev–Trinajstić information content (AvgIpc) is 2.32. The van der Waals surface area contributed by atoms with Crippen LogP contribution < -0.4 is 5.32 Å². The molecule has 1 unspecified atom stereocenters. The third kappa shape index (κ3) is 5.25. The Bertz CT molecular complexity index is 407. The first-order valence-corrected chi connectivity index (χ1v) is 6.72. The van der Waals surface area contributed by atoms with Gasteiger partial charge in [0, 0.05) is 18.2 Å². The lowest BCUT2D eigenvalue weighted by molar-refractivity contribution is 0.0767. The Labute approximate surface area is 114 Å². The number of benzene rings is 1. The van der Waals surface area contributed by atoms with Crippen molar-refractivity contribution in [2.45, 2.75) is 46.3 Å². The quantitative estimate of drug-likeness (QED) is 0.763. The highest BCUT2D eigenvalue weighted by molar-refractivity contribution is 5.27. The van der Waals surface area contributed by atoms with Gasteiger partial charge in [0.1, 0.15) is 11.6 Å². The van der Waals surface area contributed by atoms with Crippen LogP contribution in [0.25, 0.3) is 0 Å². The molecule has 0 bridgehead atoms. The summed E-state index contributed by atoms with van der Waals surface area (Å²) in [6.45, 7) is 8.74. The van der Waals surface area contributed by atoms with Gasteiger partial charge in [0.05, 0.1) is 6.10 Å². The van der Waals surface area contributed by atoms with Crippen molar-refractivity contribution < 1.29 is 13.5 Å². The highest BCUT2D eigenvalue weighted by Gasteiger charge is 2.13. The van der Waals surface area contributed by atoms with E-state index in [1.54, 1.807) is 6.92 Å². The summed E-state index contributed by atoms with van der Waals surface area (Å²) in [5, 5.41) is 3.17. The van der Waals surface area contributed by atoms with E-state index in [1.807, 2.05) is 20.8 Å². The molecule has 0 saturated heterocycles. The van der Waals surface area contributed by atoms with Gasteiger partial charge >= 0.3 is 0 Å². The monoisotopic (exact) mass is 271 g/mol. The van der Waals surface area contributed by atoms with Gasteiger partial charge in [-0.15, -0.1) is 0 Å². The summed E-state index contributed by atoms with van der Waals surface area (Å²) in [4.78, 5) is 0. The molecule has 0 heterocycles. The average molecular weight is 271 g/mol. The fraction of sp³-hybridized carbons (Fsp3) is 0.600. The van der Waals surface area contributed by atoms with Gasteiger partial charge in [-0.1, -0.05) is 0 Å². The third-order valence-electron chi connectivity index (χ3n) is 2.97. The van der Waals surface area contributed by atoms with Gasteiger partial charge in [0.15, 0.2) is 0 Å². The molecule has 4 heteroatoms. The number of hydrogen-bond acceptors (Lipinski definition) is 2. The van der Waals surface area contributed by atoms with Crippen LogP contribution in [-0.4, -0.2) is 19.3 Å². The van der Waals surface area contributed by atoms with Crippen molar-refractivity contribution in [1.82, 2.24) is 5.32 Å². The van der Waals surface area contributed by atoms with E-state index < -0.39 is 0 Å². The molecule has 1 aromatic rings. The summed E-state index contributed by atoms with van der Waals surface area (Å²) in [6, 6.07) is 2.30. The number of nitrogens with one attached hydrogen (secondary N) is 1. The first kappa shape index (κ1) is 16.1. The van der Waals surface area contributed by atoms with Crippen molar-refractivity contribution in [2.24, 2.45) is 0 Å². The van der Waals surface area contributed by atoms with E-state index in [9.17, 15) is 8.78 Å². The molecular formula is C15H23F2NO. The van der Waals surface area contributed by atoms with Crippen molar-refractivity contribution in [3.63, 3.8) is 0 Å². The van der Waals surface area contributed by atoms with Gasteiger partial charge in [-0.25, -0.2) is 8.78 Å². The zero-order chi connectivity index (χ0) is 14.4. The molecule has 1 atom stereocenters. The molecule has 0 aliphatic carbocycles. The van der Waals surface area contributed by atoms with Crippen LogP contribution >= 0.6 is 0 Å². The summed E-state index contributed by atoms with van der Waals surface area (Å²) < 4.78 is 32.6. The van der Waals surface area contributed by atoms with Crippen LogP contribution in [0.3, 0.4) is 0 Å². The Balaban J connectivity index is 2.45. The van der Waals surface area contributed by atoms with E-state index in [0.717, 1.165) is 6.42 Å². The molecular weight excluding hydrogens is 248 g/mol. The zero-order valence-electron chi connectivity index (χ0n) is 12.1. The number of aryl methyl sites for hydroxylation is 1. The fourth-order valence-corrected chi connectivity index (χ4v) is 1.81. The maximum Gasteiger partial charge on any atom is 0.128 e. The summed E-state index contributed by atoms with van der Waals surface area (Å²) in [5.41, 5.74) is 0.701. The van der Waals surface area contributed by atoms with Gasteiger partial charge in [0.2, 0.25) is 0 Å². The highest BCUT2D eigenvalue weighted by Crippen LogP contribution is 2.20. The van der Waals surface area contributed by atoms with E-state index in [1.165, 1.54) is 12.1 Å². The van der Waals surface area contributed by atoms with E-state index in [2.05, 4.69) is 5.32 Å². The maximum absolute atomic E-state index is 13.7. The lowest BCUT2D eigenvalue weighted by Gasteiger charge is -2.16. The van der Waals surface area contributed by atoms with Crippen molar-refractivity contribution in [2.75, 3.05) is 13.2 Å². The van der Waals surface area contributed by atoms with Gasteiger partial charge in [0.25, 0.3) is 0 Å². The van der Waals surface area contributed by atoms with Gasteiger partial charge < -0.3 is 10.1 Å². The summed E-state index contributed by atoms with van der Waals surface area (Å²) in [7, 11) is 0. The van der Waals surface area contributed by atoms with Crippen LogP contribution in [0.4, 0.5) is 8.78 Å². The summed E-state index contributed by atoms with van der Waals surface area (Å²) in [6.07, 6.45) is 1.07. The molecule has 0 radical (unpaired) electrons. The van der Waals surface area contributed by atoms with Gasteiger partial charge in [-0.05, 0) is 58.4 Å². The predicted octanol–water partition coefficient (Wildman–Crippen LogP) is 3.74. The van der Waals surface area contributed by atoms with Crippen LogP contribution in [0.1, 0.15) is 44.4 Å². The predicted molar refractivity (Wildman–Crippen MR) is 73.2 cm³/mol. The van der Waals surface area contributed by atoms with E-state index in [0.29, 0.717) is 24.3 Å². The van der Waals surface area contributed by atoms with Gasteiger partial charge in [-0.3, -0.25) is 0 Å². The summed E-state index contributed by atoms with van der Waals surface area (Å²) >= 11 is 0. The van der Waals surface area contributed by atoms with Crippen LogP contribution in [0, 0.1) is 18.6 Å². The smallest absolute Gasteiger partial charge is 0.128 e. The zero-order valence-corrected chi connectivity index (χ0v) is 12.1. The normalized spacial score (nSPS) is 13.0. The van der Waals surface area contributed by atoms with E-state index in [-0.39, 0.29) is 23.8 Å². The molecule has 0 spiro atoms. The molecule has 19 heavy (non-hydrogen) atoms. The maximum atomic E-state index is 13.7. The van der Waals surface area contributed by atoms with Crippen LogP contribution in [0.2, 0.25) is 0 Å². The van der Waals surface area contributed by atoms with E-state index in [4.69, 9.17) is 4.74 Å². The topological polar surface area (TPSA) is 21.3 Å².